The summed E-state index contributed by atoms with van der Waals surface area (Å²) in [4.78, 5) is 10.7. The smallest absolute Gasteiger partial charge is 1.00 e. The van der Waals surface area contributed by atoms with Gasteiger partial charge in [0.1, 0.15) is 0 Å². The van der Waals surface area contributed by atoms with Crippen molar-refractivity contribution in [2.75, 3.05) is 6.61 Å². The quantitative estimate of drug-likeness (QED) is 0.267. The SMILES string of the molecule is C=CC(=O)OS(=O)(=O)OCCCCCCCCCCCC.[H-].[Na+]. The third-order valence-electron chi connectivity index (χ3n) is 3.08. The first kappa shape index (κ1) is 24.4. The van der Waals surface area contributed by atoms with Crippen LogP contribution in [0.1, 0.15) is 72.6 Å². The predicted octanol–water partition coefficient (Wildman–Crippen LogP) is 1.01. The summed E-state index contributed by atoms with van der Waals surface area (Å²) in [5, 5.41) is 0. The van der Waals surface area contributed by atoms with E-state index in [-0.39, 0.29) is 37.6 Å². The third kappa shape index (κ3) is 16.5. The number of unbranched alkanes of at least 4 members (excludes halogenated alkanes) is 9. The van der Waals surface area contributed by atoms with E-state index in [2.05, 4.69) is 21.9 Å². The van der Waals surface area contributed by atoms with Gasteiger partial charge >= 0.3 is 45.9 Å². The van der Waals surface area contributed by atoms with Crippen molar-refractivity contribution in [3.63, 3.8) is 0 Å². The second-order valence-corrected chi connectivity index (χ2v) is 6.24. The van der Waals surface area contributed by atoms with Crippen molar-refractivity contribution < 1.29 is 52.6 Å². The molecule has 5 nitrogen and oxygen atoms in total. The molecule has 7 heteroatoms. The molecule has 0 saturated heterocycles. The molecule has 0 aromatic carbocycles. The molecule has 0 spiro atoms. The van der Waals surface area contributed by atoms with E-state index in [0.717, 1.165) is 18.9 Å². The van der Waals surface area contributed by atoms with Crippen molar-refractivity contribution >= 4 is 16.4 Å². The van der Waals surface area contributed by atoms with Gasteiger partial charge in [-0.1, -0.05) is 71.3 Å². The Kier molecular flexibility index (Phi) is 17.7. The molecule has 0 unspecified atom stereocenters. The largest absolute Gasteiger partial charge is 1.00 e. The van der Waals surface area contributed by atoms with Crippen molar-refractivity contribution in [2.24, 2.45) is 0 Å². The second-order valence-electron chi connectivity index (χ2n) is 5.02. The Morgan fingerprint density at radius 2 is 1.45 bits per heavy atom. The Morgan fingerprint density at radius 3 is 1.91 bits per heavy atom. The Balaban J connectivity index is -0.00000200. The van der Waals surface area contributed by atoms with E-state index in [1.165, 1.54) is 44.9 Å². The Hall–Kier alpha value is 0.120. The van der Waals surface area contributed by atoms with Gasteiger partial charge in [0.05, 0.1) is 6.61 Å². The van der Waals surface area contributed by atoms with Gasteiger partial charge in [0.25, 0.3) is 0 Å². The van der Waals surface area contributed by atoms with Gasteiger partial charge in [0.15, 0.2) is 0 Å². The Labute approximate surface area is 158 Å². The summed E-state index contributed by atoms with van der Waals surface area (Å²) >= 11 is 0. The fourth-order valence-electron chi connectivity index (χ4n) is 1.91. The maximum atomic E-state index is 11.1. The molecule has 0 aliphatic rings. The minimum Gasteiger partial charge on any atom is -1.00 e. The molecule has 0 rings (SSSR count). The Bertz CT molecular complexity index is 387. The minimum absolute atomic E-state index is 0. The summed E-state index contributed by atoms with van der Waals surface area (Å²) in [6.07, 6.45) is 12.3. The first-order valence-corrected chi connectivity index (χ1v) is 9.10. The molecule has 0 fully saturated rings. The van der Waals surface area contributed by atoms with Gasteiger partial charge in [0.2, 0.25) is 0 Å². The van der Waals surface area contributed by atoms with Crippen LogP contribution in [-0.4, -0.2) is 21.0 Å². The standard InChI is InChI=1S/C15H28O5S.Na.H/c1-3-5-6-7-8-9-10-11-12-13-14-19-21(17,18)20-15(16)4-2;;/h4H,2-3,5-14H2,1H3;;/q;+1;-1. The number of carbonyl (C=O) groups excluding carboxylic acids is 1. The van der Waals surface area contributed by atoms with Gasteiger partial charge in [-0.25, -0.2) is 8.98 Å². The van der Waals surface area contributed by atoms with Gasteiger partial charge in [-0.2, -0.15) is 8.42 Å². The van der Waals surface area contributed by atoms with Crippen LogP contribution in [0.5, 0.6) is 0 Å². The molecular formula is C15H29NaO5S. The van der Waals surface area contributed by atoms with Crippen LogP contribution >= 0.6 is 0 Å². The number of hydrogen-bond acceptors (Lipinski definition) is 5. The molecule has 0 bridgehead atoms. The average Bonchev–Trinajstić information content (AvgIpc) is 2.44. The van der Waals surface area contributed by atoms with Crippen LogP contribution in [-0.2, 0) is 23.6 Å². The van der Waals surface area contributed by atoms with Crippen molar-refractivity contribution in [3.8, 4) is 0 Å². The summed E-state index contributed by atoms with van der Waals surface area (Å²) in [6, 6.07) is 0. The molecule has 0 radical (unpaired) electrons. The van der Waals surface area contributed by atoms with Gasteiger partial charge in [-0.05, 0) is 6.42 Å². The van der Waals surface area contributed by atoms with E-state index in [0.29, 0.717) is 6.42 Å². The zero-order valence-corrected chi connectivity index (χ0v) is 16.8. The van der Waals surface area contributed by atoms with Crippen LogP contribution in [0.3, 0.4) is 0 Å². The third-order valence-corrected chi connectivity index (χ3v) is 3.90. The summed E-state index contributed by atoms with van der Waals surface area (Å²) in [7, 11) is -4.22. The molecule has 0 aromatic rings. The van der Waals surface area contributed by atoms with Crippen LogP contribution < -0.4 is 29.6 Å². The van der Waals surface area contributed by atoms with Crippen LogP contribution in [0, 0.1) is 0 Å². The van der Waals surface area contributed by atoms with Crippen molar-refractivity contribution in [1.82, 2.24) is 0 Å². The van der Waals surface area contributed by atoms with Crippen LogP contribution in [0.15, 0.2) is 12.7 Å². The predicted molar refractivity (Wildman–Crippen MR) is 84.1 cm³/mol. The van der Waals surface area contributed by atoms with E-state index in [9.17, 15) is 13.2 Å². The fraction of sp³-hybridized carbons (Fsp3) is 0.800. The number of carbonyl (C=O) groups is 1. The van der Waals surface area contributed by atoms with Gasteiger partial charge in [-0.3, -0.25) is 0 Å². The average molecular weight is 344 g/mol. The molecule has 0 aromatic heterocycles. The van der Waals surface area contributed by atoms with Gasteiger partial charge < -0.3 is 5.61 Å². The molecular weight excluding hydrogens is 315 g/mol. The summed E-state index contributed by atoms with van der Waals surface area (Å²) < 4.78 is 30.9. The summed E-state index contributed by atoms with van der Waals surface area (Å²) in [6.45, 7) is 5.37. The second kappa shape index (κ2) is 16.0. The zero-order valence-electron chi connectivity index (χ0n) is 15.0. The number of hydrogen-bond donors (Lipinski definition) is 0. The van der Waals surface area contributed by atoms with Crippen LogP contribution in [0.25, 0.3) is 0 Å². The topological polar surface area (TPSA) is 69.7 Å². The Morgan fingerprint density at radius 1 is 1.00 bits per heavy atom. The molecule has 0 aliphatic carbocycles. The summed E-state index contributed by atoms with van der Waals surface area (Å²) in [5.41, 5.74) is 0. The fourth-order valence-corrected chi connectivity index (χ4v) is 2.55. The van der Waals surface area contributed by atoms with Gasteiger partial charge in [0, 0.05) is 6.08 Å². The van der Waals surface area contributed by atoms with E-state index in [1.54, 1.807) is 0 Å². The van der Waals surface area contributed by atoms with E-state index < -0.39 is 16.4 Å². The first-order valence-electron chi connectivity index (χ1n) is 7.77. The van der Waals surface area contributed by atoms with Crippen molar-refractivity contribution in [3.05, 3.63) is 12.7 Å². The molecule has 0 amide bonds. The van der Waals surface area contributed by atoms with E-state index >= 15 is 0 Å². The normalized spacial score (nSPS) is 10.8. The molecule has 0 N–H and O–H groups in total. The van der Waals surface area contributed by atoms with Gasteiger partial charge in [-0.15, -0.1) is 0 Å². The maximum Gasteiger partial charge on any atom is 1.00 e. The van der Waals surface area contributed by atoms with Crippen molar-refractivity contribution in [2.45, 2.75) is 71.1 Å². The van der Waals surface area contributed by atoms with E-state index in [1.807, 2.05) is 0 Å². The molecule has 0 aliphatic heterocycles. The number of rotatable bonds is 14. The summed E-state index contributed by atoms with van der Waals surface area (Å²) in [5.74, 6) is -1.03. The minimum atomic E-state index is -4.22. The van der Waals surface area contributed by atoms with E-state index in [4.69, 9.17) is 0 Å². The van der Waals surface area contributed by atoms with Crippen LogP contribution in [0.2, 0.25) is 0 Å². The molecule has 126 valence electrons. The molecule has 0 saturated carbocycles. The maximum absolute atomic E-state index is 11.1. The molecule has 0 atom stereocenters. The molecule has 22 heavy (non-hydrogen) atoms. The van der Waals surface area contributed by atoms with Crippen LogP contribution in [0.4, 0.5) is 0 Å². The monoisotopic (exact) mass is 344 g/mol. The first-order chi connectivity index (χ1) is 10.0. The zero-order chi connectivity index (χ0) is 16.0. The van der Waals surface area contributed by atoms with Crippen molar-refractivity contribution in [1.29, 1.82) is 0 Å². The molecule has 0 heterocycles.